The number of rotatable bonds is 3. The first-order valence-corrected chi connectivity index (χ1v) is 6.20. The van der Waals surface area contributed by atoms with Crippen LogP contribution in [-0.4, -0.2) is 17.1 Å². The molecular weight excluding hydrogens is 299 g/mol. The van der Waals surface area contributed by atoms with Gasteiger partial charge in [0.2, 0.25) is 0 Å². The summed E-state index contributed by atoms with van der Waals surface area (Å²) in [6.45, 7) is 0. The van der Waals surface area contributed by atoms with Crippen molar-refractivity contribution in [2.45, 2.75) is 0 Å². The number of hydrogen-bond acceptors (Lipinski definition) is 2. The van der Waals surface area contributed by atoms with Gasteiger partial charge in [0.1, 0.15) is 5.82 Å². The van der Waals surface area contributed by atoms with E-state index in [-0.39, 0.29) is 22.0 Å². The molecule has 0 spiro atoms. The first-order chi connectivity index (χ1) is 9.97. The zero-order chi connectivity index (χ0) is 15.4. The summed E-state index contributed by atoms with van der Waals surface area (Å²) in [6.07, 6.45) is 0. The second-order valence-electron chi connectivity index (χ2n) is 4.06. The van der Waals surface area contributed by atoms with E-state index in [1.807, 2.05) is 0 Å². The number of anilines is 2. The number of hydrogen-bond donors (Lipinski definition) is 3. The first kappa shape index (κ1) is 14.8. The third-order valence-electron chi connectivity index (χ3n) is 2.58. The number of carbonyl (C=O) groups is 2. The summed E-state index contributed by atoms with van der Waals surface area (Å²) in [5.41, 5.74) is 0.396. The third kappa shape index (κ3) is 3.70. The zero-order valence-electron chi connectivity index (χ0n) is 10.6. The SMILES string of the molecule is O=C(Nc1ccc(F)c(Cl)c1)Nc1ccccc1C(=O)O. The summed E-state index contributed by atoms with van der Waals surface area (Å²) < 4.78 is 13.0. The number of carboxylic acid groups (broad SMARTS) is 1. The minimum atomic E-state index is -1.16. The number of nitrogens with one attached hydrogen (secondary N) is 2. The van der Waals surface area contributed by atoms with Gasteiger partial charge in [-0.25, -0.2) is 14.0 Å². The Kier molecular flexibility index (Phi) is 4.39. The molecule has 5 nitrogen and oxygen atoms in total. The highest BCUT2D eigenvalue weighted by molar-refractivity contribution is 6.31. The van der Waals surface area contributed by atoms with Crippen molar-refractivity contribution in [1.29, 1.82) is 0 Å². The Morgan fingerprint density at radius 3 is 2.48 bits per heavy atom. The highest BCUT2D eigenvalue weighted by Gasteiger charge is 2.12. The van der Waals surface area contributed by atoms with Gasteiger partial charge >= 0.3 is 12.0 Å². The summed E-state index contributed by atoms with van der Waals surface area (Å²) in [7, 11) is 0. The van der Waals surface area contributed by atoms with Crippen molar-refractivity contribution in [1.82, 2.24) is 0 Å². The second kappa shape index (κ2) is 6.23. The van der Waals surface area contributed by atoms with Gasteiger partial charge in [0.15, 0.2) is 0 Å². The van der Waals surface area contributed by atoms with E-state index in [2.05, 4.69) is 10.6 Å². The molecular formula is C14H10ClFN2O3. The molecule has 0 unspecified atom stereocenters. The molecule has 108 valence electrons. The molecule has 0 heterocycles. The van der Waals surface area contributed by atoms with Crippen LogP contribution in [0.25, 0.3) is 0 Å². The smallest absolute Gasteiger partial charge is 0.337 e. The van der Waals surface area contributed by atoms with Crippen molar-refractivity contribution in [3.63, 3.8) is 0 Å². The maximum absolute atomic E-state index is 13.0. The van der Waals surface area contributed by atoms with Gasteiger partial charge < -0.3 is 15.7 Å². The fraction of sp³-hybridized carbons (Fsp3) is 0. The molecule has 0 aromatic heterocycles. The Labute approximate surface area is 124 Å². The molecule has 0 saturated carbocycles. The van der Waals surface area contributed by atoms with Crippen molar-refractivity contribution in [3.8, 4) is 0 Å². The topological polar surface area (TPSA) is 78.4 Å². The summed E-state index contributed by atoms with van der Waals surface area (Å²) in [5, 5.41) is 13.7. The van der Waals surface area contributed by atoms with Crippen LogP contribution in [0.1, 0.15) is 10.4 Å². The molecule has 0 aliphatic carbocycles. The number of halogens is 2. The van der Waals surface area contributed by atoms with E-state index >= 15 is 0 Å². The quantitative estimate of drug-likeness (QED) is 0.806. The van der Waals surface area contributed by atoms with E-state index in [1.165, 1.54) is 24.3 Å². The molecule has 0 aliphatic rings. The first-order valence-electron chi connectivity index (χ1n) is 5.83. The van der Waals surface area contributed by atoms with Crippen LogP contribution in [0, 0.1) is 5.82 Å². The summed E-state index contributed by atoms with van der Waals surface area (Å²) >= 11 is 5.60. The van der Waals surface area contributed by atoms with E-state index in [0.29, 0.717) is 0 Å². The van der Waals surface area contributed by atoms with Crippen molar-refractivity contribution in [2.75, 3.05) is 10.6 Å². The van der Waals surface area contributed by atoms with Crippen LogP contribution in [0.2, 0.25) is 5.02 Å². The third-order valence-corrected chi connectivity index (χ3v) is 2.87. The molecule has 0 atom stereocenters. The number of carboxylic acids is 1. The average Bonchev–Trinajstić information content (AvgIpc) is 2.43. The predicted molar refractivity (Wildman–Crippen MR) is 77.5 cm³/mol. The van der Waals surface area contributed by atoms with Gasteiger partial charge in [-0.2, -0.15) is 0 Å². The van der Waals surface area contributed by atoms with E-state index in [4.69, 9.17) is 16.7 Å². The van der Waals surface area contributed by atoms with Crippen LogP contribution in [0.3, 0.4) is 0 Å². The van der Waals surface area contributed by atoms with Crippen LogP contribution in [0.15, 0.2) is 42.5 Å². The van der Waals surface area contributed by atoms with Gasteiger partial charge in [-0.1, -0.05) is 23.7 Å². The molecule has 0 radical (unpaired) electrons. The molecule has 0 bridgehead atoms. The molecule has 0 aliphatic heterocycles. The Morgan fingerprint density at radius 2 is 1.81 bits per heavy atom. The zero-order valence-corrected chi connectivity index (χ0v) is 11.3. The Balaban J connectivity index is 2.12. The number of benzene rings is 2. The maximum Gasteiger partial charge on any atom is 0.337 e. The lowest BCUT2D eigenvalue weighted by Crippen LogP contribution is -2.21. The summed E-state index contributed by atoms with van der Waals surface area (Å²) in [5.74, 6) is -1.76. The number of para-hydroxylation sites is 1. The van der Waals surface area contributed by atoms with Gasteiger partial charge in [0.25, 0.3) is 0 Å². The van der Waals surface area contributed by atoms with E-state index in [0.717, 1.165) is 6.07 Å². The fourth-order valence-electron chi connectivity index (χ4n) is 1.64. The van der Waals surface area contributed by atoms with Crippen molar-refractivity contribution < 1.29 is 19.1 Å². The fourth-order valence-corrected chi connectivity index (χ4v) is 1.82. The van der Waals surface area contributed by atoms with Crippen LogP contribution in [0.5, 0.6) is 0 Å². The van der Waals surface area contributed by atoms with Gasteiger partial charge in [-0.15, -0.1) is 0 Å². The van der Waals surface area contributed by atoms with Crippen molar-refractivity contribution in [2.24, 2.45) is 0 Å². The highest BCUT2D eigenvalue weighted by atomic mass is 35.5. The van der Waals surface area contributed by atoms with Crippen molar-refractivity contribution in [3.05, 3.63) is 58.9 Å². The Hall–Kier alpha value is -2.60. The molecule has 0 saturated heterocycles. The summed E-state index contributed by atoms with van der Waals surface area (Å²) in [4.78, 5) is 22.8. The normalized spacial score (nSPS) is 10.0. The number of aromatic carboxylic acids is 1. The van der Waals surface area contributed by atoms with Crippen LogP contribution in [-0.2, 0) is 0 Å². The molecule has 2 aromatic carbocycles. The van der Waals surface area contributed by atoms with E-state index in [9.17, 15) is 14.0 Å². The maximum atomic E-state index is 13.0. The number of amides is 2. The second-order valence-corrected chi connectivity index (χ2v) is 4.47. The lowest BCUT2D eigenvalue weighted by molar-refractivity contribution is 0.0698. The lowest BCUT2D eigenvalue weighted by atomic mass is 10.2. The van der Waals surface area contributed by atoms with Gasteiger partial charge in [0.05, 0.1) is 16.3 Å². The minimum absolute atomic E-state index is 0.0372. The molecule has 7 heteroatoms. The number of urea groups is 1. The molecule has 2 amide bonds. The minimum Gasteiger partial charge on any atom is -0.478 e. The predicted octanol–water partition coefficient (Wildman–Crippen LogP) is 3.82. The molecule has 0 fully saturated rings. The molecule has 21 heavy (non-hydrogen) atoms. The summed E-state index contributed by atoms with van der Waals surface area (Å²) in [6, 6.07) is 9.01. The average molecular weight is 309 g/mol. The monoisotopic (exact) mass is 308 g/mol. The Bertz CT molecular complexity index is 706. The van der Waals surface area contributed by atoms with Crippen molar-refractivity contribution >= 4 is 35.0 Å². The van der Waals surface area contributed by atoms with E-state index < -0.39 is 17.8 Å². The highest BCUT2D eigenvalue weighted by Crippen LogP contribution is 2.20. The largest absolute Gasteiger partial charge is 0.478 e. The van der Waals surface area contributed by atoms with Crippen LogP contribution < -0.4 is 10.6 Å². The standard InChI is InChI=1S/C14H10ClFN2O3/c15-10-7-8(5-6-11(10)16)17-14(21)18-12-4-2-1-3-9(12)13(19)20/h1-7H,(H,19,20)(H2,17,18,21). The number of carbonyl (C=O) groups excluding carboxylic acids is 1. The van der Waals surface area contributed by atoms with Gasteiger partial charge in [0, 0.05) is 5.69 Å². The molecule has 2 aromatic rings. The molecule has 2 rings (SSSR count). The van der Waals surface area contributed by atoms with Gasteiger partial charge in [-0.3, -0.25) is 0 Å². The van der Waals surface area contributed by atoms with E-state index in [1.54, 1.807) is 12.1 Å². The molecule has 3 N–H and O–H groups in total. The lowest BCUT2D eigenvalue weighted by Gasteiger charge is -2.10. The Morgan fingerprint density at radius 1 is 1.10 bits per heavy atom. The van der Waals surface area contributed by atoms with Crippen LogP contribution >= 0.6 is 11.6 Å². The van der Waals surface area contributed by atoms with Crippen LogP contribution in [0.4, 0.5) is 20.6 Å². The van der Waals surface area contributed by atoms with Gasteiger partial charge in [-0.05, 0) is 30.3 Å².